The lowest BCUT2D eigenvalue weighted by Gasteiger charge is -2.34. The minimum atomic E-state index is -1.05. The van der Waals surface area contributed by atoms with Crippen molar-refractivity contribution in [3.8, 4) is 5.75 Å². The topological polar surface area (TPSA) is 132 Å². The van der Waals surface area contributed by atoms with Crippen LogP contribution < -0.4 is 10.1 Å². The van der Waals surface area contributed by atoms with E-state index in [1.54, 1.807) is 32.9 Å². The monoisotopic (exact) mass is 473 g/mol. The Balaban J connectivity index is 1.45. The summed E-state index contributed by atoms with van der Waals surface area (Å²) in [5.74, 6) is -2.18. The molecule has 1 N–H and O–H groups in total. The largest absolute Gasteiger partial charge is 0.490 e. The van der Waals surface area contributed by atoms with E-state index in [1.807, 2.05) is 0 Å². The smallest absolute Gasteiger partial charge is 0.410 e. The number of rotatable bonds is 4. The average Bonchev–Trinajstić information content (AvgIpc) is 3.02. The molecule has 2 fully saturated rings. The lowest BCUT2D eigenvalue weighted by molar-refractivity contribution is -0.136. The molecule has 34 heavy (non-hydrogen) atoms. The summed E-state index contributed by atoms with van der Waals surface area (Å²) < 4.78 is 17.0. The van der Waals surface area contributed by atoms with Crippen molar-refractivity contribution >= 4 is 29.7 Å². The third kappa shape index (κ3) is 4.74. The zero-order chi connectivity index (χ0) is 24.6. The van der Waals surface area contributed by atoms with Crippen LogP contribution in [0.25, 0.3) is 0 Å². The van der Waals surface area contributed by atoms with Crippen LogP contribution in [0.4, 0.5) is 4.79 Å². The van der Waals surface area contributed by atoms with E-state index < -0.39 is 47.5 Å². The molecule has 11 heteroatoms. The number of piperidine rings is 1. The Bertz CT molecular complexity index is 1050. The summed E-state index contributed by atoms with van der Waals surface area (Å²) in [6, 6.07) is 3.59. The lowest BCUT2D eigenvalue weighted by Crippen LogP contribution is -2.54. The molecular formula is C23H27N3O8. The number of amides is 5. The van der Waals surface area contributed by atoms with Crippen LogP contribution in [0.5, 0.6) is 5.75 Å². The molecule has 0 bridgehead atoms. The van der Waals surface area contributed by atoms with Gasteiger partial charge < -0.3 is 19.1 Å². The van der Waals surface area contributed by atoms with E-state index in [0.717, 1.165) is 4.90 Å². The first-order valence-electron chi connectivity index (χ1n) is 11.1. The number of morpholine rings is 1. The first-order valence-corrected chi connectivity index (χ1v) is 11.1. The molecule has 0 radical (unpaired) electrons. The van der Waals surface area contributed by atoms with Crippen LogP contribution in [0.15, 0.2) is 18.2 Å². The molecule has 1 aromatic carbocycles. The fraction of sp³-hybridized carbons (Fsp3) is 0.522. The zero-order valence-corrected chi connectivity index (χ0v) is 19.3. The molecule has 0 aromatic heterocycles. The van der Waals surface area contributed by atoms with Crippen molar-refractivity contribution in [1.29, 1.82) is 0 Å². The number of nitrogens with zero attached hydrogens (tertiary/aromatic N) is 2. The second-order valence-electron chi connectivity index (χ2n) is 9.36. The number of imide groups is 2. The molecule has 2 atom stereocenters. The van der Waals surface area contributed by atoms with Crippen molar-refractivity contribution in [2.75, 3.05) is 26.3 Å². The molecule has 5 amide bonds. The maximum atomic E-state index is 13.1. The highest BCUT2D eigenvalue weighted by Gasteiger charge is 2.46. The number of hydrogen-bond donors (Lipinski definition) is 1. The molecule has 2 saturated heterocycles. The third-order valence-corrected chi connectivity index (χ3v) is 5.65. The number of carbonyl (C=O) groups is 5. The van der Waals surface area contributed by atoms with Gasteiger partial charge in [-0.2, -0.15) is 0 Å². The molecule has 182 valence electrons. The molecule has 3 aliphatic heterocycles. The van der Waals surface area contributed by atoms with Gasteiger partial charge in [0.05, 0.1) is 24.3 Å². The number of carbonyl (C=O) groups excluding carboxylic acids is 5. The van der Waals surface area contributed by atoms with Gasteiger partial charge in [-0.05, 0) is 39.3 Å². The number of nitrogens with one attached hydrogen (secondary N) is 1. The van der Waals surface area contributed by atoms with E-state index in [0.29, 0.717) is 13.2 Å². The van der Waals surface area contributed by atoms with Gasteiger partial charge in [0.15, 0.2) is 0 Å². The Morgan fingerprint density at radius 2 is 1.94 bits per heavy atom. The highest BCUT2D eigenvalue weighted by Crippen LogP contribution is 2.33. The van der Waals surface area contributed by atoms with Gasteiger partial charge in [0.2, 0.25) is 11.8 Å². The summed E-state index contributed by atoms with van der Waals surface area (Å²) in [4.78, 5) is 64.6. The van der Waals surface area contributed by atoms with Gasteiger partial charge in [0.1, 0.15) is 30.1 Å². The Morgan fingerprint density at radius 3 is 2.65 bits per heavy atom. The molecule has 11 nitrogen and oxygen atoms in total. The van der Waals surface area contributed by atoms with Crippen LogP contribution in [0.1, 0.15) is 54.3 Å². The highest BCUT2D eigenvalue weighted by atomic mass is 16.6. The molecule has 2 unspecified atom stereocenters. The molecule has 3 heterocycles. The van der Waals surface area contributed by atoms with Crippen LogP contribution in [0.3, 0.4) is 0 Å². The number of hydrogen-bond acceptors (Lipinski definition) is 8. The average molecular weight is 473 g/mol. The molecule has 4 rings (SSSR count). The Kier molecular flexibility index (Phi) is 6.30. The lowest BCUT2D eigenvalue weighted by atomic mass is 10.0. The van der Waals surface area contributed by atoms with Crippen LogP contribution in [-0.2, 0) is 19.1 Å². The molecule has 0 aliphatic carbocycles. The highest BCUT2D eigenvalue weighted by molar-refractivity contribution is 6.24. The van der Waals surface area contributed by atoms with Crippen molar-refractivity contribution in [2.45, 2.75) is 51.4 Å². The van der Waals surface area contributed by atoms with Gasteiger partial charge in [-0.1, -0.05) is 6.07 Å². The van der Waals surface area contributed by atoms with E-state index in [2.05, 4.69) is 5.32 Å². The summed E-state index contributed by atoms with van der Waals surface area (Å²) in [5.41, 5.74) is -0.419. The van der Waals surface area contributed by atoms with E-state index in [1.165, 1.54) is 11.0 Å². The first kappa shape index (κ1) is 23.7. The number of fused-ring (bicyclic) bond motifs is 1. The quantitative estimate of drug-likeness (QED) is 0.643. The van der Waals surface area contributed by atoms with Crippen molar-refractivity contribution in [3.63, 3.8) is 0 Å². The minimum Gasteiger partial charge on any atom is -0.490 e. The zero-order valence-electron chi connectivity index (χ0n) is 19.3. The SMILES string of the molecule is CC(C)(C)OC(=O)N1CCOC(COc2cccc3c2C(=O)N(C2CCC(=O)NC2=O)C3=O)C1. The minimum absolute atomic E-state index is 0.0373. The van der Waals surface area contributed by atoms with E-state index in [9.17, 15) is 24.0 Å². The van der Waals surface area contributed by atoms with Gasteiger partial charge >= 0.3 is 6.09 Å². The van der Waals surface area contributed by atoms with Gasteiger partial charge in [0, 0.05) is 13.0 Å². The molecule has 1 aromatic rings. The standard InChI is InChI=1S/C23H27N3O8/c1-23(2,3)34-22(31)25-9-10-32-13(11-25)12-33-16-6-4-5-14-18(16)21(30)26(20(14)29)15-7-8-17(27)24-19(15)28/h4-6,13,15H,7-12H2,1-3H3,(H,24,27,28). The Labute approximate surface area is 196 Å². The van der Waals surface area contributed by atoms with Gasteiger partial charge in [-0.25, -0.2) is 4.79 Å². The van der Waals surface area contributed by atoms with Crippen LogP contribution in [0.2, 0.25) is 0 Å². The van der Waals surface area contributed by atoms with Gasteiger partial charge in [-0.3, -0.25) is 29.4 Å². The fourth-order valence-electron chi connectivity index (χ4n) is 4.10. The van der Waals surface area contributed by atoms with Crippen molar-refractivity contribution < 1.29 is 38.2 Å². The fourth-order valence-corrected chi connectivity index (χ4v) is 4.10. The van der Waals surface area contributed by atoms with Crippen LogP contribution in [0, 0.1) is 0 Å². The summed E-state index contributed by atoms with van der Waals surface area (Å²) in [6.07, 6.45) is -0.791. The second-order valence-corrected chi connectivity index (χ2v) is 9.36. The van der Waals surface area contributed by atoms with Gasteiger partial charge in [-0.15, -0.1) is 0 Å². The third-order valence-electron chi connectivity index (χ3n) is 5.65. The number of benzene rings is 1. The normalized spacial score (nSPS) is 23.0. The van der Waals surface area contributed by atoms with E-state index >= 15 is 0 Å². The predicted molar refractivity (Wildman–Crippen MR) is 116 cm³/mol. The summed E-state index contributed by atoms with van der Waals surface area (Å²) in [6.45, 7) is 6.35. The maximum absolute atomic E-state index is 13.1. The van der Waals surface area contributed by atoms with Crippen molar-refractivity contribution in [3.05, 3.63) is 29.3 Å². The van der Waals surface area contributed by atoms with Crippen molar-refractivity contribution in [1.82, 2.24) is 15.1 Å². The first-order chi connectivity index (χ1) is 16.0. The Hall–Kier alpha value is -3.47. The molecular weight excluding hydrogens is 446 g/mol. The summed E-state index contributed by atoms with van der Waals surface area (Å²) in [5, 5.41) is 2.17. The molecule has 0 spiro atoms. The molecule has 3 aliphatic rings. The maximum Gasteiger partial charge on any atom is 0.410 e. The van der Waals surface area contributed by atoms with E-state index in [4.69, 9.17) is 14.2 Å². The molecule has 0 saturated carbocycles. The van der Waals surface area contributed by atoms with Crippen LogP contribution >= 0.6 is 0 Å². The Morgan fingerprint density at radius 1 is 1.18 bits per heavy atom. The summed E-state index contributed by atoms with van der Waals surface area (Å²) >= 11 is 0. The van der Waals surface area contributed by atoms with Crippen LogP contribution in [-0.4, -0.2) is 83.6 Å². The summed E-state index contributed by atoms with van der Waals surface area (Å²) in [7, 11) is 0. The van der Waals surface area contributed by atoms with Crippen molar-refractivity contribution in [2.24, 2.45) is 0 Å². The van der Waals surface area contributed by atoms with E-state index in [-0.39, 0.29) is 42.9 Å². The second kappa shape index (κ2) is 9.05. The van der Waals surface area contributed by atoms with Gasteiger partial charge in [0.25, 0.3) is 11.8 Å². The predicted octanol–water partition coefficient (Wildman–Crippen LogP) is 1.10. The number of ether oxygens (including phenoxy) is 3.